The van der Waals surface area contributed by atoms with E-state index in [9.17, 15) is 8.78 Å². The van der Waals surface area contributed by atoms with Crippen LogP contribution in [0, 0.1) is 0 Å². The maximum atomic E-state index is 12.3. The number of morpholine rings is 1. The first-order valence-corrected chi connectivity index (χ1v) is 4.51. The molecular formula is C8H16F2N2O. The second-order valence-corrected chi connectivity index (χ2v) is 3.13. The van der Waals surface area contributed by atoms with Crippen molar-refractivity contribution in [2.45, 2.75) is 19.5 Å². The van der Waals surface area contributed by atoms with Gasteiger partial charge in [0.25, 0.3) is 6.43 Å². The summed E-state index contributed by atoms with van der Waals surface area (Å²) >= 11 is 0. The van der Waals surface area contributed by atoms with Gasteiger partial charge < -0.3 is 4.74 Å². The number of rotatable bonds is 3. The lowest BCUT2D eigenvalue weighted by Crippen LogP contribution is -2.52. The van der Waals surface area contributed by atoms with Crippen molar-refractivity contribution < 1.29 is 13.5 Å². The van der Waals surface area contributed by atoms with E-state index < -0.39 is 12.5 Å². The monoisotopic (exact) mass is 194 g/mol. The van der Waals surface area contributed by atoms with Crippen molar-refractivity contribution in [3.63, 3.8) is 0 Å². The second kappa shape index (κ2) is 4.83. The topological polar surface area (TPSA) is 15.7 Å². The van der Waals surface area contributed by atoms with Gasteiger partial charge in [-0.1, -0.05) is 6.92 Å². The molecule has 1 saturated heterocycles. The summed E-state index contributed by atoms with van der Waals surface area (Å²) < 4.78 is 29.5. The van der Waals surface area contributed by atoms with Crippen molar-refractivity contribution in [3.05, 3.63) is 0 Å². The minimum absolute atomic E-state index is 0.294. The molecule has 0 aromatic heterocycles. The second-order valence-electron chi connectivity index (χ2n) is 3.13. The van der Waals surface area contributed by atoms with Gasteiger partial charge in [-0.2, -0.15) is 0 Å². The molecule has 13 heavy (non-hydrogen) atoms. The van der Waals surface area contributed by atoms with Crippen LogP contribution in [0.3, 0.4) is 0 Å². The van der Waals surface area contributed by atoms with E-state index in [-0.39, 0.29) is 0 Å². The Bertz CT molecular complexity index is 157. The molecule has 0 saturated carbocycles. The number of alkyl halides is 2. The standard InChI is InChI=1S/C8H16F2N2O/c1-3-11(2)12-4-5-13-7(6-12)8(9)10/h7-8H,3-6H2,1-2H3. The molecule has 0 amide bonds. The molecule has 5 heteroatoms. The minimum atomic E-state index is -2.38. The lowest BCUT2D eigenvalue weighted by Gasteiger charge is -2.37. The molecule has 1 unspecified atom stereocenters. The van der Waals surface area contributed by atoms with Crippen LogP contribution >= 0.6 is 0 Å². The molecule has 1 fully saturated rings. The van der Waals surface area contributed by atoms with E-state index in [0.29, 0.717) is 19.7 Å². The van der Waals surface area contributed by atoms with Crippen molar-refractivity contribution in [1.29, 1.82) is 0 Å². The predicted molar refractivity (Wildman–Crippen MR) is 45.6 cm³/mol. The van der Waals surface area contributed by atoms with E-state index in [1.807, 2.05) is 24.0 Å². The molecule has 1 heterocycles. The maximum Gasteiger partial charge on any atom is 0.265 e. The van der Waals surface area contributed by atoms with E-state index in [1.54, 1.807) is 0 Å². The van der Waals surface area contributed by atoms with Gasteiger partial charge in [-0.15, -0.1) is 0 Å². The molecule has 0 aromatic carbocycles. The Morgan fingerprint density at radius 3 is 2.85 bits per heavy atom. The Morgan fingerprint density at radius 1 is 1.62 bits per heavy atom. The van der Waals surface area contributed by atoms with Crippen LogP contribution in [0.4, 0.5) is 8.78 Å². The van der Waals surface area contributed by atoms with Crippen molar-refractivity contribution in [3.8, 4) is 0 Å². The van der Waals surface area contributed by atoms with Crippen molar-refractivity contribution in [1.82, 2.24) is 10.0 Å². The van der Waals surface area contributed by atoms with Crippen LogP contribution in [0.1, 0.15) is 6.92 Å². The Kier molecular flexibility index (Phi) is 4.02. The van der Waals surface area contributed by atoms with Gasteiger partial charge in [-0.25, -0.2) is 18.8 Å². The first-order valence-electron chi connectivity index (χ1n) is 4.51. The van der Waals surface area contributed by atoms with Gasteiger partial charge in [0.05, 0.1) is 6.61 Å². The summed E-state index contributed by atoms with van der Waals surface area (Å²) in [5.74, 6) is 0. The molecule has 3 nitrogen and oxygen atoms in total. The molecule has 1 rings (SSSR count). The van der Waals surface area contributed by atoms with Crippen LogP contribution in [0.2, 0.25) is 0 Å². The third kappa shape index (κ3) is 2.86. The number of ether oxygens (including phenoxy) is 1. The van der Waals surface area contributed by atoms with Crippen LogP contribution in [-0.4, -0.2) is 55.8 Å². The van der Waals surface area contributed by atoms with Crippen LogP contribution in [-0.2, 0) is 4.74 Å². The zero-order chi connectivity index (χ0) is 9.84. The average Bonchev–Trinajstić information content (AvgIpc) is 2.17. The molecule has 0 bridgehead atoms. The molecule has 1 atom stereocenters. The van der Waals surface area contributed by atoms with Gasteiger partial charge in [-0.3, -0.25) is 0 Å². The van der Waals surface area contributed by atoms with Gasteiger partial charge in [0.15, 0.2) is 0 Å². The van der Waals surface area contributed by atoms with Crippen LogP contribution < -0.4 is 0 Å². The van der Waals surface area contributed by atoms with E-state index in [4.69, 9.17) is 4.74 Å². The highest BCUT2D eigenvalue weighted by Crippen LogP contribution is 2.13. The van der Waals surface area contributed by atoms with E-state index in [0.717, 1.165) is 6.54 Å². The molecule has 1 aliphatic rings. The zero-order valence-corrected chi connectivity index (χ0v) is 8.04. The molecule has 0 radical (unpaired) electrons. The first-order chi connectivity index (χ1) is 6.15. The lowest BCUT2D eigenvalue weighted by atomic mass is 10.3. The van der Waals surface area contributed by atoms with Crippen molar-refractivity contribution in [2.75, 3.05) is 33.3 Å². The van der Waals surface area contributed by atoms with Crippen molar-refractivity contribution >= 4 is 0 Å². The van der Waals surface area contributed by atoms with Crippen molar-refractivity contribution in [2.24, 2.45) is 0 Å². The fourth-order valence-electron chi connectivity index (χ4n) is 1.32. The van der Waals surface area contributed by atoms with Gasteiger partial charge in [-0.05, 0) is 0 Å². The molecule has 0 spiro atoms. The summed E-state index contributed by atoms with van der Waals surface area (Å²) in [6.45, 7) is 4.21. The Balaban J connectivity index is 2.41. The SMILES string of the molecule is CCN(C)N1CCOC(C(F)F)C1. The first kappa shape index (κ1) is 10.8. The van der Waals surface area contributed by atoms with Crippen LogP contribution in [0.25, 0.3) is 0 Å². The molecular weight excluding hydrogens is 178 g/mol. The summed E-state index contributed by atoms with van der Waals surface area (Å²) in [6, 6.07) is 0. The van der Waals surface area contributed by atoms with Crippen LogP contribution in [0.15, 0.2) is 0 Å². The highest BCUT2D eigenvalue weighted by Gasteiger charge is 2.29. The minimum Gasteiger partial charge on any atom is -0.369 e. The Labute approximate surface area is 77.2 Å². The van der Waals surface area contributed by atoms with E-state index in [2.05, 4.69) is 0 Å². The van der Waals surface area contributed by atoms with Gasteiger partial charge in [0.2, 0.25) is 0 Å². The quantitative estimate of drug-likeness (QED) is 0.661. The fourth-order valence-corrected chi connectivity index (χ4v) is 1.32. The van der Waals surface area contributed by atoms with E-state index >= 15 is 0 Å². The maximum absolute atomic E-state index is 12.3. The molecule has 0 N–H and O–H groups in total. The zero-order valence-electron chi connectivity index (χ0n) is 8.04. The highest BCUT2D eigenvalue weighted by molar-refractivity contribution is 4.71. The molecule has 1 aliphatic heterocycles. The third-order valence-corrected chi connectivity index (χ3v) is 2.29. The number of hydrogen-bond donors (Lipinski definition) is 0. The van der Waals surface area contributed by atoms with Gasteiger partial charge in [0, 0.05) is 26.7 Å². The summed E-state index contributed by atoms with van der Waals surface area (Å²) in [5.41, 5.74) is 0. The van der Waals surface area contributed by atoms with E-state index in [1.165, 1.54) is 0 Å². The Hall–Kier alpha value is -0.260. The summed E-state index contributed by atoms with van der Waals surface area (Å²) in [7, 11) is 1.90. The smallest absolute Gasteiger partial charge is 0.265 e. The lowest BCUT2D eigenvalue weighted by molar-refractivity contribution is -0.150. The van der Waals surface area contributed by atoms with Gasteiger partial charge >= 0.3 is 0 Å². The Morgan fingerprint density at radius 2 is 2.31 bits per heavy atom. The molecule has 78 valence electrons. The van der Waals surface area contributed by atoms with Gasteiger partial charge in [0.1, 0.15) is 6.10 Å². The average molecular weight is 194 g/mol. The van der Waals surface area contributed by atoms with Crippen LogP contribution in [0.5, 0.6) is 0 Å². The summed E-state index contributed by atoms with van der Waals surface area (Å²) in [4.78, 5) is 0. The molecule has 0 aromatic rings. The largest absolute Gasteiger partial charge is 0.369 e. The predicted octanol–water partition coefficient (Wildman–Crippen LogP) is 0.819. The summed E-state index contributed by atoms with van der Waals surface area (Å²) in [6.07, 6.45) is -3.31. The number of nitrogens with zero attached hydrogens (tertiary/aromatic N) is 2. The number of hydrazine groups is 1. The fraction of sp³-hybridized carbons (Fsp3) is 1.00. The highest BCUT2D eigenvalue weighted by atomic mass is 19.3. The number of hydrogen-bond acceptors (Lipinski definition) is 3. The third-order valence-electron chi connectivity index (χ3n) is 2.29. The summed E-state index contributed by atoms with van der Waals surface area (Å²) in [5, 5.41) is 3.85. The molecule has 0 aliphatic carbocycles. The normalized spacial score (nSPS) is 25.8. The number of halogens is 2.